The van der Waals surface area contributed by atoms with Gasteiger partial charge in [0.1, 0.15) is 0 Å². The summed E-state index contributed by atoms with van der Waals surface area (Å²) in [6.07, 6.45) is 2.78. The summed E-state index contributed by atoms with van der Waals surface area (Å²) in [5.74, 6) is -0.759. The van der Waals surface area contributed by atoms with Crippen molar-refractivity contribution in [3.63, 3.8) is 0 Å². The average molecular weight is 193 g/mol. The third-order valence-corrected chi connectivity index (χ3v) is 2.59. The maximum atomic E-state index is 11.0. The van der Waals surface area contributed by atoms with Gasteiger partial charge in [-0.15, -0.1) is 0 Å². The largest absolute Gasteiger partial charge is 0.481 e. The fourth-order valence-corrected chi connectivity index (χ4v) is 1.25. The summed E-state index contributed by atoms with van der Waals surface area (Å²) in [7, 11) is 0. The first kappa shape index (κ1) is 10.7. The van der Waals surface area contributed by atoms with Gasteiger partial charge in [-0.2, -0.15) is 0 Å². The highest BCUT2D eigenvalue weighted by molar-refractivity contribution is 5.74. The third kappa shape index (κ3) is 2.31. The number of pyridine rings is 1. The smallest absolute Gasteiger partial charge is 0.309 e. The highest BCUT2D eigenvalue weighted by Crippen LogP contribution is 2.25. The van der Waals surface area contributed by atoms with Gasteiger partial charge >= 0.3 is 5.97 Å². The molecule has 1 aromatic rings. The Balaban J connectivity index is 2.81. The quantitative estimate of drug-likeness (QED) is 0.796. The van der Waals surface area contributed by atoms with Crippen LogP contribution >= 0.6 is 0 Å². The Morgan fingerprint density at radius 2 is 2.29 bits per heavy atom. The molecule has 0 fully saturated rings. The monoisotopic (exact) mass is 193 g/mol. The zero-order chi connectivity index (χ0) is 10.6. The lowest BCUT2D eigenvalue weighted by Crippen LogP contribution is -2.29. The molecule has 0 saturated carbocycles. The number of hydrogen-bond acceptors (Lipinski definition) is 2. The molecule has 0 aliphatic carbocycles. The minimum absolute atomic E-state index is 0.486. The molecule has 0 aromatic carbocycles. The van der Waals surface area contributed by atoms with Crippen LogP contribution < -0.4 is 0 Å². The van der Waals surface area contributed by atoms with E-state index >= 15 is 0 Å². The fourth-order valence-electron chi connectivity index (χ4n) is 1.25. The molecule has 1 heterocycles. The van der Waals surface area contributed by atoms with E-state index in [1.807, 2.05) is 25.1 Å². The van der Waals surface area contributed by atoms with Crippen molar-refractivity contribution in [3.05, 3.63) is 30.1 Å². The molecule has 0 aliphatic heterocycles. The van der Waals surface area contributed by atoms with Gasteiger partial charge < -0.3 is 5.11 Å². The second-order valence-electron chi connectivity index (χ2n) is 3.72. The van der Waals surface area contributed by atoms with Crippen LogP contribution in [0.2, 0.25) is 0 Å². The molecule has 0 saturated heterocycles. The van der Waals surface area contributed by atoms with Gasteiger partial charge in [0.25, 0.3) is 0 Å². The van der Waals surface area contributed by atoms with Crippen LogP contribution in [0.15, 0.2) is 24.4 Å². The van der Waals surface area contributed by atoms with Gasteiger partial charge in [-0.1, -0.05) is 13.0 Å². The average Bonchev–Trinajstić information content (AvgIpc) is 2.19. The van der Waals surface area contributed by atoms with E-state index in [2.05, 4.69) is 4.98 Å². The van der Waals surface area contributed by atoms with Gasteiger partial charge in [-0.05, 0) is 25.5 Å². The van der Waals surface area contributed by atoms with Crippen LogP contribution in [0.3, 0.4) is 0 Å². The van der Waals surface area contributed by atoms with E-state index in [1.54, 1.807) is 13.1 Å². The molecule has 0 aliphatic rings. The highest BCUT2D eigenvalue weighted by Gasteiger charge is 2.31. The zero-order valence-corrected chi connectivity index (χ0v) is 8.53. The fraction of sp³-hybridized carbons (Fsp3) is 0.455. The van der Waals surface area contributed by atoms with E-state index in [9.17, 15) is 4.79 Å². The highest BCUT2D eigenvalue weighted by atomic mass is 16.4. The molecule has 0 spiro atoms. The van der Waals surface area contributed by atoms with Crippen LogP contribution in [0.4, 0.5) is 0 Å². The topological polar surface area (TPSA) is 50.2 Å². The van der Waals surface area contributed by atoms with Crippen molar-refractivity contribution in [2.24, 2.45) is 5.41 Å². The van der Waals surface area contributed by atoms with Crippen LogP contribution in [0.5, 0.6) is 0 Å². The predicted octanol–water partition coefficient (Wildman–Crippen LogP) is 2.12. The lowest BCUT2D eigenvalue weighted by atomic mass is 9.83. The van der Waals surface area contributed by atoms with Gasteiger partial charge in [0.15, 0.2) is 0 Å². The van der Waals surface area contributed by atoms with E-state index in [0.717, 1.165) is 5.69 Å². The molecule has 1 unspecified atom stereocenters. The summed E-state index contributed by atoms with van der Waals surface area (Å²) >= 11 is 0. The number of aliphatic carboxylic acids is 1. The molecule has 76 valence electrons. The lowest BCUT2D eigenvalue weighted by Gasteiger charge is -2.22. The van der Waals surface area contributed by atoms with Gasteiger partial charge in [-0.25, -0.2) is 0 Å². The minimum atomic E-state index is -0.759. The maximum Gasteiger partial charge on any atom is 0.309 e. The Kier molecular flexibility index (Phi) is 3.23. The second-order valence-corrected chi connectivity index (χ2v) is 3.72. The summed E-state index contributed by atoms with van der Waals surface area (Å²) in [4.78, 5) is 15.2. The van der Waals surface area contributed by atoms with E-state index in [4.69, 9.17) is 5.11 Å². The van der Waals surface area contributed by atoms with Crippen molar-refractivity contribution < 1.29 is 9.90 Å². The standard InChI is InChI=1S/C11H15NO2/c1-3-11(2,10(13)14)8-9-6-4-5-7-12-9/h4-7H,3,8H2,1-2H3,(H,13,14). The molecular weight excluding hydrogens is 178 g/mol. The third-order valence-electron chi connectivity index (χ3n) is 2.59. The first-order valence-electron chi connectivity index (χ1n) is 4.72. The lowest BCUT2D eigenvalue weighted by molar-refractivity contribution is -0.148. The number of carbonyl (C=O) groups is 1. The summed E-state index contributed by atoms with van der Waals surface area (Å²) in [6.45, 7) is 3.64. The van der Waals surface area contributed by atoms with Gasteiger partial charge in [0.2, 0.25) is 0 Å². The molecule has 0 radical (unpaired) electrons. The number of hydrogen-bond donors (Lipinski definition) is 1. The summed E-state index contributed by atoms with van der Waals surface area (Å²) in [6, 6.07) is 5.56. The number of nitrogens with zero attached hydrogens (tertiary/aromatic N) is 1. The van der Waals surface area contributed by atoms with Gasteiger partial charge in [-0.3, -0.25) is 9.78 Å². The Morgan fingerprint density at radius 1 is 1.57 bits per heavy atom. The summed E-state index contributed by atoms with van der Waals surface area (Å²) in [5.41, 5.74) is 0.133. The maximum absolute atomic E-state index is 11.0. The molecule has 0 amide bonds. The van der Waals surface area contributed by atoms with Crippen molar-refractivity contribution in [2.45, 2.75) is 26.7 Å². The predicted molar refractivity (Wildman–Crippen MR) is 54.0 cm³/mol. The van der Waals surface area contributed by atoms with Crippen LogP contribution in [-0.2, 0) is 11.2 Å². The van der Waals surface area contributed by atoms with Crippen molar-refractivity contribution in [1.82, 2.24) is 4.98 Å². The van der Waals surface area contributed by atoms with Crippen molar-refractivity contribution in [3.8, 4) is 0 Å². The van der Waals surface area contributed by atoms with Crippen molar-refractivity contribution >= 4 is 5.97 Å². The second kappa shape index (κ2) is 4.22. The van der Waals surface area contributed by atoms with E-state index in [0.29, 0.717) is 12.8 Å². The summed E-state index contributed by atoms with van der Waals surface area (Å²) in [5, 5.41) is 9.07. The Bertz CT molecular complexity index is 310. The van der Waals surface area contributed by atoms with Crippen LogP contribution in [-0.4, -0.2) is 16.1 Å². The van der Waals surface area contributed by atoms with E-state index < -0.39 is 11.4 Å². The van der Waals surface area contributed by atoms with Gasteiger partial charge in [0.05, 0.1) is 5.41 Å². The minimum Gasteiger partial charge on any atom is -0.481 e. The summed E-state index contributed by atoms with van der Waals surface area (Å²) < 4.78 is 0. The van der Waals surface area contributed by atoms with Crippen LogP contribution in [0.1, 0.15) is 26.0 Å². The molecule has 14 heavy (non-hydrogen) atoms. The molecule has 3 nitrogen and oxygen atoms in total. The van der Waals surface area contributed by atoms with Crippen LogP contribution in [0.25, 0.3) is 0 Å². The molecule has 1 rings (SSSR count). The Hall–Kier alpha value is -1.38. The molecule has 0 bridgehead atoms. The van der Waals surface area contributed by atoms with Crippen molar-refractivity contribution in [1.29, 1.82) is 0 Å². The zero-order valence-electron chi connectivity index (χ0n) is 8.53. The van der Waals surface area contributed by atoms with E-state index in [-0.39, 0.29) is 0 Å². The molecule has 3 heteroatoms. The number of rotatable bonds is 4. The van der Waals surface area contributed by atoms with Gasteiger partial charge in [0, 0.05) is 18.3 Å². The first-order valence-corrected chi connectivity index (χ1v) is 4.72. The number of aromatic nitrogens is 1. The van der Waals surface area contributed by atoms with E-state index in [1.165, 1.54) is 0 Å². The SMILES string of the molecule is CCC(C)(Cc1ccccn1)C(=O)O. The Labute approximate surface area is 83.8 Å². The normalized spacial score (nSPS) is 14.7. The molecule has 1 N–H and O–H groups in total. The number of carboxylic acid groups (broad SMARTS) is 1. The number of carboxylic acids is 1. The molecular formula is C11H15NO2. The first-order chi connectivity index (χ1) is 6.58. The van der Waals surface area contributed by atoms with Crippen molar-refractivity contribution in [2.75, 3.05) is 0 Å². The van der Waals surface area contributed by atoms with Crippen LogP contribution in [0, 0.1) is 5.41 Å². The molecule has 1 atom stereocenters. The molecule has 1 aromatic heterocycles. The Morgan fingerprint density at radius 3 is 2.71 bits per heavy atom.